The number of hydrogen-bond acceptors (Lipinski definition) is 2. The summed E-state index contributed by atoms with van der Waals surface area (Å²) in [6.45, 7) is 10.6. The van der Waals surface area contributed by atoms with Crippen LogP contribution in [0.3, 0.4) is 0 Å². The highest BCUT2D eigenvalue weighted by Gasteiger charge is 2.15. The fraction of sp³-hybridized carbons (Fsp3) is 1.00. The van der Waals surface area contributed by atoms with E-state index in [4.69, 9.17) is 0 Å². The van der Waals surface area contributed by atoms with Crippen LogP contribution >= 0.6 is 0 Å². The molecule has 0 aromatic rings. The Balaban J connectivity index is 2.01. The summed E-state index contributed by atoms with van der Waals surface area (Å²) in [6, 6.07) is 0.672. The molecule has 0 radical (unpaired) electrons. The number of nitrogens with one attached hydrogen (secondary N) is 1. The zero-order valence-electron chi connectivity index (χ0n) is 13.8. The van der Waals surface area contributed by atoms with Gasteiger partial charge in [0.1, 0.15) is 0 Å². The second kappa shape index (κ2) is 9.77. The maximum Gasteiger partial charge on any atom is 0.0104 e. The van der Waals surface area contributed by atoms with Gasteiger partial charge < -0.3 is 10.2 Å². The van der Waals surface area contributed by atoms with Gasteiger partial charge in [-0.2, -0.15) is 0 Å². The summed E-state index contributed by atoms with van der Waals surface area (Å²) < 4.78 is 0. The fourth-order valence-corrected chi connectivity index (χ4v) is 3.09. The summed E-state index contributed by atoms with van der Waals surface area (Å²) in [7, 11) is 2.29. The number of hydrogen-bond donors (Lipinski definition) is 1. The molecule has 1 unspecified atom stereocenters. The molecule has 1 atom stereocenters. The topological polar surface area (TPSA) is 15.3 Å². The molecule has 114 valence electrons. The Morgan fingerprint density at radius 1 is 1.05 bits per heavy atom. The van der Waals surface area contributed by atoms with Gasteiger partial charge in [-0.15, -0.1) is 0 Å². The second-order valence-electron chi connectivity index (χ2n) is 7.09. The Bertz CT molecular complexity index is 209. The molecule has 0 aromatic heterocycles. The molecule has 1 fully saturated rings. The van der Waals surface area contributed by atoms with Gasteiger partial charge in [0, 0.05) is 25.7 Å². The first-order chi connectivity index (χ1) is 9.08. The molecule has 0 amide bonds. The third kappa shape index (κ3) is 8.65. The predicted octanol–water partition coefficient (Wildman–Crippen LogP) is 3.91. The molecule has 19 heavy (non-hydrogen) atoms. The number of rotatable bonds is 9. The van der Waals surface area contributed by atoms with Crippen molar-refractivity contribution >= 4 is 0 Å². The van der Waals surface area contributed by atoms with Gasteiger partial charge in [-0.25, -0.2) is 0 Å². The average Bonchev–Trinajstić information content (AvgIpc) is 2.37. The van der Waals surface area contributed by atoms with Crippen LogP contribution in [0.5, 0.6) is 0 Å². The van der Waals surface area contributed by atoms with Crippen molar-refractivity contribution in [1.82, 2.24) is 10.2 Å². The van der Waals surface area contributed by atoms with E-state index in [9.17, 15) is 0 Å². The van der Waals surface area contributed by atoms with E-state index < -0.39 is 0 Å². The third-order valence-electron chi connectivity index (χ3n) is 4.46. The van der Waals surface area contributed by atoms with Crippen molar-refractivity contribution in [2.45, 2.75) is 71.8 Å². The SMILES string of the molecule is CC(C)CCC(C)NCCN(C)CC1CCCCC1. The summed E-state index contributed by atoms with van der Waals surface area (Å²) in [6.07, 6.45) is 9.96. The Labute approximate surface area is 121 Å². The zero-order chi connectivity index (χ0) is 14.1. The van der Waals surface area contributed by atoms with Gasteiger partial charge in [0.25, 0.3) is 0 Å². The van der Waals surface area contributed by atoms with Crippen LogP contribution in [0, 0.1) is 11.8 Å². The normalized spacial score (nSPS) is 19.3. The minimum Gasteiger partial charge on any atom is -0.313 e. The highest BCUT2D eigenvalue weighted by Crippen LogP contribution is 2.23. The highest BCUT2D eigenvalue weighted by atomic mass is 15.1. The van der Waals surface area contributed by atoms with Crippen molar-refractivity contribution in [1.29, 1.82) is 0 Å². The van der Waals surface area contributed by atoms with Gasteiger partial charge in [0.15, 0.2) is 0 Å². The van der Waals surface area contributed by atoms with Crippen molar-refractivity contribution in [2.75, 3.05) is 26.7 Å². The predicted molar refractivity (Wildman–Crippen MR) is 85.6 cm³/mol. The van der Waals surface area contributed by atoms with Crippen molar-refractivity contribution < 1.29 is 0 Å². The molecule has 2 nitrogen and oxygen atoms in total. The molecule has 0 aliphatic heterocycles. The van der Waals surface area contributed by atoms with E-state index in [2.05, 4.69) is 38.0 Å². The quantitative estimate of drug-likeness (QED) is 0.682. The van der Waals surface area contributed by atoms with Crippen molar-refractivity contribution in [3.63, 3.8) is 0 Å². The minimum absolute atomic E-state index is 0.672. The summed E-state index contributed by atoms with van der Waals surface area (Å²) in [5.41, 5.74) is 0. The molecule has 2 heteroatoms. The first-order valence-electron chi connectivity index (χ1n) is 8.50. The van der Waals surface area contributed by atoms with Gasteiger partial charge in [-0.05, 0) is 51.5 Å². The van der Waals surface area contributed by atoms with Gasteiger partial charge in [-0.1, -0.05) is 33.1 Å². The fourth-order valence-electron chi connectivity index (χ4n) is 3.09. The average molecular weight is 268 g/mol. The van der Waals surface area contributed by atoms with Gasteiger partial charge in [0.2, 0.25) is 0 Å². The Morgan fingerprint density at radius 2 is 1.74 bits per heavy atom. The van der Waals surface area contributed by atoms with Crippen LogP contribution in [-0.2, 0) is 0 Å². The molecular formula is C17H36N2. The van der Waals surface area contributed by atoms with Crippen LogP contribution in [0.1, 0.15) is 65.7 Å². The van der Waals surface area contributed by atoms with Crippen molar-refractivity contribution in [2.24, 2.45) is 11.8 Å². The third-order valence-corrected chi connectivity index (χ3v) is 4.46. The summed E-state index contributed by atoms with van der Waals surface area (Å²) >= 11 is 0. The molecule has 0 saturated heterocycles. The van der Waals surface area contributed by atoms with E-state index in [-0.39, 0.29) is 0 Å². The van der Waals surface area contributed by atoms with E-state index in [0.29, 0.717) is 6.04 Å². The highest BCUT2D eigenvalue weighted by molar-refractivity contribution is 4.70. The lowest BCUT2D eigenvalue weighted by atomic mass is 9.89. The smallest absolute Gasteiger partial charge is 0.0104 e. The molecule has 1 aliphatic rings. The minimum atomic E-state index is 0.672. The number of likely N-dealkylation sites (N-methyl/N-ethyl adjacent to an activating group) is 1. The molecule has 0 spiro atoms. The molecule has 1 aliphatic carbocycles. The van der Waals surface area contributed by atoms with Crippen LogP contribution in [0.15, 0.2) is 0 Å². The van der Waals surface area contributed by atoms with Crippen LogP contribution in [0.4, 0.5) is 0 Å². The van der Waals surface area contributed by atoms with E-state index in [1.165, 1.54) is 58.0 Å². The van der Waals surface area contributed by atoms with E-state index in [1.54, 1.807) is 0 Å². The molecule has 1 rings (SSSR count). The molecule has 0 heterocycles. The van der Waals surface area contributed by atoms with Crippen LogP contribution < -0.4 is 5.32 Å². The lowest BCUT2D eigenvalue weighted by Gasteiger charge is -2.27. The Kier molecular flexibility index (Phi) is 8.72. The van der Waals surface area contributed by atoms with Gasteiger partial charge in [0.05, 0.1) is 0 Å². The largest absolute Gasteiger partial charge is 0.313 e. The molecular weight excluding hydrogens is 232 g/mol. The van der Waals surface area contributed by atoms with E-state index >= 15 is 0 Å². The maximum absolute atomic E-state index is 3.66. The van der Waals surface area contributed by atoms with Crippen LogP contribution in [-0.4, -0.2) is 37.6 Å². The molecule has 1 N–H and O–H groups in total. The zero-order valence-corrected chi connectivity index (χ0v) is 13.8. The lowest BCUT2D eigenvalue weighted by Crippen LogP contribution is -2.36. The lowest BCUT2D eigenvalue weighted by molar-refractivity contribution is 0.231. The van der Waals surface area contributed by atoms with E-state index in [0.717, 1.165) is 18.4 Å². The van der Waals surface area contributed by atoms with Gasteiger partial charge in [-0.3, -0.25) is 0 Å². The Hall–Kier alpha value is -0.0800. The molecule has 1 saturated carbocycles. The second-order valence-corrected chi connectivity index (χ2v) is 7.09. The van der Waals surface area contributed by atoms with Crippen molar-refractivity contribution in [3.05, 3.63) is 0 Å². The maximum atomic E-state index is 3.66. The summed E-state index contributed by atoms with van der Waals surface area (Å²) in [4.78, 5) is 2.53. The summed E-state index contributed by atoms with van der Waals surface area (Å²) in [5.74, 6) is 1.80. The first kappa shape index (κ1) is 17.0. The van der Waals surface area contributed by atoms with Crippen LogP contribution in [0.25, 0.3) is 0 Å². The molecule has 0 bridgehead atoms. The van der Waals surface area contributed by atoms with E-state index in [1.807, 2.05) is 0 Å². The first-order valence-corrected chi connectivity index (χ1v) is 8.50. The van der Waals surface area contributed by atoms with Crippen LogP contribution in [0.2, 0.25) is 0 Å². The Morgan fingerprint density at radius 3 is 2.37 bits per heavy atom. The molecule has 0 aromatic carbocycles. The standard InChI is InChI=1S/C17H36N2/c1-15(2)10-11-16(3)18-12-13-19(4)14-17-8-6-5-7-9-17/h15-18H,5-14H2,1-4H3. The summed E-state index contributed by atoms with van der Waals surface area (Å²) in [5, 5.41) is 3.66. The monoisotopic (exact) mass is 268 g/mol. The van der Waals surface area contributed by atoms with Gasteiger partial charge >= 0.3 is 0 Å². The van der Waals surface area contributed by atoms with Crippen molar-refractivity contribution in [3.8, 4) is 0 Å². The number of nitrogens with zero attached hydrogens (tertiary/aromatic N) is 1.